The van der Waals surface area contributed by atoms with Crippen molar-refractivity contribution in [2.24, 2.45) is 7.05 Å². The molecular formula is C21H24N8O2. The van der Waals surface area contributed by atoms with E-state index >= 15 is 0 Å². The molecule has 160 valence electrons. The topological polar surface area (TPSA) is 102 Å². The Bertz CT molecular complexity index is 1320. The third kappa shape index (κ3) is 3.48. The highest BCUT2D eigenvalue weighted by molar-refractivity contribution is 5.88. The zero-order chi connectivity index (χ0) is 21.5. The number of nitrogens with one attached hydrogen (secondary N) is 1. The van der Waals surface area contributed by atoms with Crippen LogP contribution < -0.4 is 15.8 Å². The van der Waals surface area contributed by atoms with Gasteiger partial charge in [0.05, 0.1) is 35.4 Å². The standard InChI is InChI=1S/C21H24N8O2/c1-13-8-18-23-12-24-29(18)11-15(13)25-21-22-10-17-20(26-21)16(9-19(30)27(17)2)28-6-4-14(31-3)5-7-28/h8-12,14H,4-7H2,1-3H3,(H,22,25,26). The molecule has 5 heterocycles. The van der Waals surface area contributed by atoms with Crippen molar-refractivity contribution in [1.82, 2.24) is 29.1 Å². The number of fused-ring (bicyclic) bond motifs is 2. The van der Waals surface area contributed by atoms with Crippen molar-refractivity contribution in [1.29, 1.82) is 0 Å². The minimum absolute atomic E-state index is 0.0758. The summed E-state index contributed by atoms with van der Waals surface area (Å²) >= 11 is 0. The van der Waals surface area contributed by atoms with Gasteiger partial charge in [0.25, 0.3) is 5.56 Å². The van der Waals surface area contributed by atoms with Gasteiger partial charge in [-0.25, -0.2) is 19.5 Å². The first-order valence-corrected chi connectivity index (χ1v) is 10.2. The SMILES string of the molecule is COC1CCN(c2cc(=O)n(C)c3cnc(Nc4cn5ncnc5cc4C)nc23)CC1. The van der Waals surface area contributed by atoms with Crippen LogP contribution in [0.1, 0.15) is 18.4 Å². The Morgan fingerprint density at radius 2 is 2.00 bits per heavy atom. The number of methoxy groups -OCH3 is 1. The van der Waals surface area contributed by atoms with Crippen molar-refractivity contribution in [2.45, 2.75) is 25.9 Å². The summed E-state index contributed by atoms with van der Waals surface area (Å²) in [5.41, 5.74) is 4.82. The summed E-state index contributed by atoms with van der Waals surface area (Å²) in [4.78, 5) is 28.2. The summed E-state index contributed by atoms with van der Waals surface area (Å²) in [6.45, 7) is 3.62. The quantitative estimate of drug-likeness (QED) is 0.535. The van der Waals surface area contributed by atoms with Crippen LogP contribution in [0.15, 0.2) is 35.6 Å². The monoisotopic (exact) mass is 420 g/mol. The Balaban J connectivity index is 1.55. The van der Waals surface area contributed by atoms with E-state index in [0.717, 1.165) is 54.0 Å². The highest BCUT2D eigenvalue weighted by Gasteiger charge is 2.22. The Morgan fingerprint density at radius 1 is 1.19 bits per heavy atom. The van der Waals surface area contributed by atoms with Gasteiger partial charge in [-0.2, -0.15) is 5.10 Å². The van der Waals surface area contributed by atoms with E-state index in [1.165, 1.54) is 6.33 Å². The van der Waals surface area contributed by atoms with Gasteiger partial charge in [0.1, 0.15) is 11.8 Å². The number of rotatable bonds is 4. The summed E-state index contributed by atoms with van der Waals surface area (Å²) < 4.78 is 8.77. The first kappa shape index (κ1) is 19.4. The van der Waals surface area contributed by atoms with E-state index in [1.807, 2.05) is 19.2 Å². The normalized spacial score (nSPS) is 15.1. The third-order valence-corrected chi connectivity index (χ3v) is 5.95. The highest BCUT2D eigenvalue weighted by atomic mass is 16.5. The van der Waals surface area contributed by atoms with Crippen LogP contribution >= 0.6 is 0 Å². The van der Waals surface area contributed by atoms with E-state index in [0.29, 0.717) is 11.5 Å². The Morgan fingerprint density at radius 3 is 2.77 bits per heavy atom. The molecule has 0 unspecified atom stereocenters. The van der Waals surface area contributed by atoms with Gasteiger partial charge >= 0.3 is 0 Å². The second-order valence-corrected chi connectivity index (χ2v) is 7.83. The number of aryl methyl sites for hydroxylation is 2. The molecule has 1 aliphatic heterocycles. The molecule has 0 radical (unpaired) electrons. The lowest BCUT2D eigenvalue weighted by Crippen LogP contribution is -2.37. The smallest absolute Gasteiger partial charge is 0.252 e. The van der Waals surface area contributed by atoms with Crippen LogP contribution in [0.25, 0.3) is 16.7 Å². The summed E-state index contributed by atoms with van der Waals surface area (Å²) in [6.07, 6.45) is 7.17. The first-order chi connectivity index (χ1) is 15.0. The highest BCUT2D eigenvalue weighted by Crippen LogP contribution is 2.28. The molecule has 0 spiro atoms. The molecule has 1 N–H and O–H groups in total. The van der Waals surface area contributed by atoms with Crippen molar-refractivity contribution in [3.63, 3.8) is 0 Å². The van der Waals surface area contributed by atoms with Crippen molar-refractivity contribution in [3.8, 4) is 0 Å². The molecule has 10 nitrogen and oxygen atoms in total. The van der Waals surface area contributed by atoms with Crippen LogP contribution in [0, 0.1) is 6.92 Å². The molecule has 5 rings (SSSR count). The number of hydrogen-bond donors (Lipinski definition) is 1. The van der Waals surface area contributed by atoms with Gasteiger partial charge in [0.15, 0.2) is 5.65 Å². The van der Waals surface area contributed by atoms with Crippen LogP contribution in [0.4, 0.5) is 17.3 Å². The van der Waals surface area contributed by atoms with Crippen LogP contribution in [-0.4, -0.2) is 55.4 Å². The molecule has 4 aromatic rings. The van der Waals surface area contributed by atoms with E-state index in [9.17, 15) is 4.79 Å². The predicted molar refractivity (Wildman–Crippen MR) is 118 cm³/mol. The lowest BCUT2D eigenvalue weighted by atomic mass is 10.1. The molecule has 10 heteroatoms. The average Bonchev–Trinajstić information content (AvgIpc) is 3.23. The van der Waals surface area contributed by atoms with Crippen molar-refractivity contribution in [3.05, 3.63) is 46.8 Å². The molecule has 0 saturated carbocycles. The molecule has 1 saturated heterocycles. The third-order valence-electron chi connectivity index (χ3n) is 5.95. The lowest BCUT2D eigenvalue weighted by Gasteiger charge is -2.33. The zero-order valence-corrected chi connectivity index (χ0v) is 17.7. The van der Waals surface area contributed by atoms with Gasteiger partial charge < -0.3 is 19.5 Å². The molecule has 0 aromatic carbocycles. The number of aromatic nitrogens is 6. The second kappa shape index (κ2) is 7.62. The van der Waals surface area contributed by atoms with Crippen molar-refractivity contribution in [2.75, 3.05) is 30.4 Å². The largest absolute Gasteiger partial charge is 0.381 e. The minimum Gasteiger partial charge on any atom is -0.381 e. The molecule has 31 heavy (non-hydrogen) atoms. The molecular weight excluding hydrogens is 396 g/mol. The van der Waals surface area contributed by atoms with Gasteiger partial charge in [0, 0.05) is 33.3 Å². The number of hydrogen-bond acceptors (Lipinski definition) is 8. The van der Waals surface area contributed by atoms with Gasteiger partial charge in [-0.05, 0) is 31.4 Å². The molecule has 0 amide bonds. The van der Waals surface area contributed by atoms with E-state index in [1.54, 1.807) is 35.5 Å². The Kier molecular flexibility index (Phi) is 4.78. The predicted octanol–water partition coefficient (Wildman–Crippen LogP) is 2.04. The van der Waals surface area contributed by atoms with E-state index in [4.69, 9.17) is 9.72 Å². The molecule has 0 aliphatic carbocycles. The van der Waals surface area contributed by atoms with Gasteiger partial charge in [0.2, 0.25) is 5.95 Å². The second-order valence-electron chi connectivity index (χ2n) is 7.83. The van der Waals surface area contributed by atoms with E-state index < -0.39 is 0 Å². The lowest BCUT2D eigenvalue weighted by molar-refractivity contribution is 0.0819. The van der Waals surface area contributed by atoms with Crippen LogP contribution in [0.3, 0.4) is 0 Å². The molecule has 1 aliphatic rings. The summed E-state index contributed by atoms with van der Waals surface area (Å²) in [5, 5.41) is 7.48. The summed E-state index contributed by atoms with van der Waals surface area (Å²) in [6, 6.07) is 3.62. The maximum atomic E-state index is 12.6. The van der Waals surface area contributed by atoms with Crippen molar-refractivity contribution >= 4 is 34.0 Å². The van der Waals surface area contributed by atoms with E-state index in [2.05, 4.69) is 25.3 Å². The summed E-state index contributed by atoms with van der Waals surface area (Å²) in [5.74, 6) is 0.460. The molecule has 0 atom stereocenters. The first-order valence-electron chi connectivity index (χ1n) is 10.2. The Labute approximate surface area is 178 Å². The maximum absolute atomic E-state index is 12.6. The van der Waals surface area contributed by atoms with Gasteiger partial charge in [-0.1, -0.05) is 0 Å². The van der Waals surface area contributed by atoms with Gasteiger partial charge in [-0.3, -0.25) is 4.79 Å². The molecule has 4 aromatic heterocycles. The number of ether oxygens (including phenoxy) is 1. The van der Waals surface area contributed by atoms with Crippen LogP contribution in [-0.2, 0) is 11.8 Å². The zero-order valence-electron chi connectivity index (χ0n) is 17.7. The fourth-order valence-corrected chi connectivity index (χ4v) is 4.05. The number of piperidine rings is 1. The average molecular weight is 420 g/mol. The maximum Gasteiger partial charge on any atom is 0.252 e. The molecule has 0 bridgehead atoms. The summed E-state index contributed by atoms with van der Waals surface area (Å²) in [7, 11) is 3.49. The van der Waals surface area contributed by atoms with E-state index in [-0.39, 0.29) is 11.7 Å². The number of anilines is 3. The molecule has 1 fully saturated rings. The van der Waals surface area contributed by atoms with Crippen LogP contribution in [0.2, 0.25) is 0 Å². The number of pyridine rings is 2. The fourth-order valence-electron chi connectivity index (χ4n) is 4.05. The van der Waals surface area contributed by atoms with Crippen LogP contribution in [0.5, 0.6) is 0 Å². The van der Waals surface area contributed by atoms with Gasteiger partial charge in [-0.15, -0.1) is 0 Å². The van der Waals surface area contributed by atoms with Crippen molar-refractivity contribution < 1.29 is 4.74 Å². The Hall–Kier alpha value is -3.53. The minimum atomic E-state index is -0.0758. The number of nitrogens with zero attached hydrogens (tertiary/aromatic N) is 7. The fraction of sp³-hybridized carbons (Fsp3) is 0.381.